The van der Waals surface area contributed by atoms with E-state index in [1.54, 1.807) is 20.8 Å². The molecular weight excluding hydrogens is 224 g/mol. The third-order valence-electron chi connectivity index (χ3n) is 1.73. The van der Waals surface area contributed by atoms with Crippen LogP contribution in [0.4, 0.5) is 5.69 Å². The van der Waals surface area contributed by atoms with Gasteiger partial charge in [-0.15, -0.1) is 0 Å². The zero-order valence-electron chi connectivity index (χ0n) is 9.88. The van der Waals surface area contributed by atoms with E-state index in [-0.39, 0.29) is 11.3 Å². The molecule has 92 valence electrons. The Morgan fingerprint density at radius 2 is 2.18 bits per heavy atom. The minimum absolute atomic E-state index is 0.0937. The maximum Gasteiger partial charge on any atom is 0.339 e. The second kappa shape index (κ2) is 4.92. The number of carbonyl (C=O) groups excluding carboxylic acids is 1. The molecule has 6 heteroatoms. The first kappa shape index (κ1) is 13.1. The SMILES string of the molecule is CC(C)(C)ON(C=O)c1ccncc1C(=O)O. The highest BCUT2D eigenvalue weighted by molar-refractivity contribution is 5.96. The number of hydrogen-bond acceptors (Lipinski definition) is 4. The highest BCUT2D eigenvalue weighted by Crippen LogP contribution is 2.21. The molecule has 0 spiro atoms. The van der Waals surface area contributed by atoms with Crippen molar-refractivity contribution in [1.82, 2.24) is 4.98 Å². The molecule has 1 aromatic heterocycles. The Bertz CT molecular complexity index is 426. The van der Waals surface area contributed by atoms with Crippen molar-refractivity contribution in [3.63, 3.8) is 0 Å². The Morgan fingerprint density at radius 3 is 2.65 bits per heavy atom. The zero-order valence-corrected chi connectivity index (χ0v) is 9.88. The van der Waals surface area contributed by atoms with Gasteiger partial charge in [-0.05, 0) is 26.8 Å². The van der Waals surface area contributed by atoms with Crippen LogP contribution in [0.15, 0.2) is 18.5 Å². The lowest BCUT2D eigenvalue weighted by Crippen LogP contribution is -2.34. The summed E-state index contributed by atoms with van der Waals surface area (Å²) in [6.45, 7) is 5.27. The van der Waals surface area contributed by atoms with Gasteiger partial charge in [0.15, 0.2) is 0 Å². The highest BCUT2D eigenvalue weighted by Gasteiger charge is 2.21. The van der Waals surface area contributed by atoms with Crippen molar-refractivity contribution in [2.24, 2.45) is 0 Å². The minimum atomic E-state index is -1.17. The van der Waals surface area contributed by atoms with Crippen LogP contribution in [-0.2, 0) is 9.63 Å². The number of nitrogens with zero attached hydrogens (tertiary/aromatic N) is 2. The molecule has 0 bridgehead atoms. The van der Waals surface area contributed by atoms with Crippen LogP contribution in [0.2, 0.25) is 0 Å². The van der Waals surface area contributed by atoms with Crippen LogP contribution in [0.3, 0.4) is 0 Å². The molecule has 0 aromatic carbocycles. The molecule has 0 aliphatic heterocycles. The van der Waals surface area contributed by atoms with E-state index in [2.05, 4.69) is 4.98 Å². The Morgan fingerprint density at radius 1 is 1.53 bits per heavy atom. The molecule has 0 aliphatic carbocycles. The number of hydroxylamine groups is 1. The number of aromatic nitrogens is 1. The van der Waals surface area contributed by atoms with Crippen molar-refractivity contribution in [1.29, 1.82) is 0 Å². The normalized spacial score (nSPS) is 11.0. The molecule has 1 rings (SSSR count). The molecule has 0 radical (unpaired) electrons. The second-order valence-electron chi connectivity index (χ2n) is 4.33. The third-order valence-corrected chi connectivity index (χ3v) is 1.73. The molecule has 17 heavy (non-hydrogen) atoms. The van der Waals surface area contributed by atoms with Gasteiger partial charge in [0, 0.05) is 12.4 Å². The smallest absolute Gasteiger partial charge is 0.339 e. The van der Waals surface area contributed by atoms with Crippen molar-refractivity contribution in [2.75, 3.05) is 5.06 Å². The van der Waals surface area contributed by atoms with Gasteiger partial charge in [-0.3, -0.25) is 14.6 Å². The van der Waals surface area contributed by atoms with Crippen LogP contribution < -0.4 is 5.06 Å². The fraction of sp³-hybridized carbons (Fsp3) is 0.364. The Balaban J connectivity index is 3.12. The molecule has 0 aliphatic rings. The van der Waals surface area contributed by atoms with Crippen LogP contribution in [0, 0.1) is 0 Å². The Hall–Kier alpha value is -1.95. The van der Waals surface area contributed by atoms with Crippen LogP contribution in [0.1, 0.15) is 31.1 Å². The van der Waals surface area contributed by atoms with Gasteiger partial charge in [0.05, 0.1) is 11.3 Å². The number of anilines is 1. The molecule has 0 unspecified atom stereocenters. The van der Waals surface area contributed by atoms with Gasteiger partial charge in [0.25, 0.3) is 0 Å². The van der Waals surface area contributed by atoms with Crippen molar-refractivity contribution < 1.29 is 19.5 Å². The number of aromatic carboxylic acids is 1. The summed E-state index contributed by atoms with van der Waals surface area (Å²) in [5.74, 6) is -1.17. The average Bonchev–Trinajstić information content (AvgIpc) is 2.24. The number of amides is 1. The standard InChI is InChI=1S/C11H14N2O4/c1-11(2,3)17-13(7-14)9-4-5-12-6-8(9)10(15)16/h4-7H,1-3H3,(H,15,16). The third kappa shape index (κ3) is 3.53. The topological polar surface area (TPSA) is 79.7 Å². The molecule has 0 fully saturated rings. The number of pyridine rings is 1. The van der Waals surface area contributed by atoms with Crippen molar-refractivity contribution in [3.05, 3.63) is 24.0 Å². The van der Waals surface area contributed by atoms with Crippen molar-refractivity contribution in [2.45, 2.75) is 26.4 Å². The summed E-state index contributed by atoms with van der Waals surface area (Å²) in [5.41, 5.74) is -0.554. The second-order valence-corrected chi connectivity index (χ2v) is 4.33. The summed E-state index contributed by atoms with van der Waals surface area (Å²) in [4.78, 5) is 31.0. The first-order valence-corrected chi connectivity index (χ1v) is 4.96. The molecule has 1 amide bonds. The maximum atomic E-state index is 11.0. The molecule has 1 heterocycles. The quantitative estimate of drug-likeness (QED) is 0.634. The largest absolute Gasteiger partial charge is 0.478 e. The fourth-order valence-electron chi connectivity index (χ4n) is 1.17. The van der Waals surface area contributed by atoms with Crippen LogP contribution in [0.25, 0.3) is 0 Å². The predicted octanol–water partition coefficient (Wildman–Crippen LogP) is 1.47. The van der Waals surface area contributed by atoms with Gasteiger partial charge in [0.1, 0.15) is 5.56 Å². The summed E-state index contributed by atoms with van der Waals surface area (Å²) in [5, 5.41) is 9.86. The van der Waals surface area contributed by atoms with Crippen LogP contribution in [0.5, 0.6) is 0 Å². The van der Waals surface area contributed by atoms with Gasteiger partial charge >= 0.3 is 5.97 Å². The van der Waals surface area contributed by atoms with E-state index in [1.165, 1.54) is 18.5 Å². The molecular formula is C11H14N2O4. The van der Waals surface area contributed by atoms with E-state index in [1.807, 2.05) is 0 Å². The van der Waals surface area contributed by atoms with Crippen LogP contribution >= 0.6 is 0 Å². The average molecular weight is 238 g/mol. The van der Waals surface area contributed by atoms with E-state index in [9.17, 15) is 9.59 Å². The molecule has 0 atom stereocenters. The van der Waals surface area contributed by atoms with E-state index in [4.69, 9.17) is 9.94 Å². The van der Waals surface area contributed by atoms with Gasteiger partial charge in [-0.25, -0.2) is 4.79 Å². The monoisotopic (exact) mass is 238 g/mol. The lowest BCUT2D eigenvalue weighted by molar-refractivity contribution is -0.120. The molecule has 1 N–H and O–H groups in total. The lowest BCUT2D eigenvalue weighted by atomic mass is 10.2. The Labute approximate surface area is 98.8 Å². The van der Waals surface area contributed by atoms with E-state index >= 15 is 0 Å². The van der Waals surface area contributed by atoms with E-state index in [0.29, 0.717) is 6.41 Å². The predicted molar refractivity (Wildman–Crippen MR) is 60.6 cm³/mol. The van der Waals surface area contributed by atoms with Gasteiger partial charge in [-0.2, -0.15) is 5.06 Å². The Kier molecular flexibility index (Phi) is 3.80. The zero-order chi connectivity index (χ0) is 13.1. The molecule has 0 saturated heterocycles. The minimum Gasteiger partial charge on any atom is -0.478 e. The van der Waals surface area contributed by atoms with E-state index in [0.717, 1.165) is 5.06 Å². The number of carboxylic acids is 1. The molecule has 1 aromatic rings. The summed E-state index contributed by atoms with van der Waals surface area (Å²) in [7, 11) is 0. The number of carbonyl (C=O) groups is 2. The maximum absolute atomic E-state index is 11.0. The number of hydrogen-bond donors (Lipinski definition) is 1. The van der Waals surface area contributed by atoms with Gasteiger partial charge in [-0.1, -0.05) is 0 Å². The van der Waals surface area contributed by atoms with Gasteiger partial charge in [0.2, 0.25) is 6.41 Å². The van der Waals surface area contributed by atoms with Crippen molar-refractivity contribution in [3.8, 4) is 0 Å². The molecule has 0 saturated carbocycles. The fourth-order valence-corrected chi connectivity index (χ4v) is 1.17. The first-order chi connectivity index (χ1) is 7.85. The van der Waals surface area contributed by atoms with Gasteiger partial charge < -0.3 is 5.11 Å². The summed E-state index contributed by atoms with van der Waals surface area (Å²) in [6.07, 6.45) is 2.98. The first-order valence-electron chi connectivity index (χ1n) is 4.96. The summed E-state index contributed by atoms with van der Waals surface area (Å²) < 4.78 is 0. The number of rotatable bonds is 4. The van der Waals surface area contributed by atoms with Crippen LogP contribution in [-0.4, -0.2) is 28.1 Å². The summed E-state index contributed by atoms with van der Waals surface area (Å²) in [6, 6.07) is 1.41. The lowest BCUT2D eigenvalue weighted by Gasteiger charge is -2.27. The molecule has 6 nitrogen and oxygen atoms in total. The van der Waals surface area contributed by atoms with E-state index < -0.39 is 11.6 Å². The van der Waals surface area contributed by atoms with Crippen molar-refractivity contribution >= 4 is 18.1 Å². The highest BCUT2D eigenvalue weighted by atomic mass is 16.7. The summed E-state index contributed by atoms with van der Waals surface area (Å²) >= 11 is 0. The number of carboxylic acid groups (broad SMARTS) is 1.